The third-order valence-corrected chi connectivity index (χ3v) is 3.60. The van der Waals surface area contributed by atoms with Crippen LogP contribution in [0.5, 0.6) is 11.5 Å². The highest BCUT2D eigenvalue weighted by Crippen LogP contribution is 2.30. The quantitative estimate of drug-likeness (QED) is 0.896. The molecule has 0 fully saturated rings. The predicted octanol–water partition coefficient (Wildman–Crippen LogP) is 2.15. The van der Waals surface area contributed by atoms with E-state index in [1.807, 2.05) is 12.1 Å². The van der Waals surface area contributed by atoms with Crippen LogP contribution in [0, 0.1) is 0 Å². The standard InChI is InChI=1S/C13H15N3O2S/c14-12-8-16-13(19-12)15-4-3-9-1-2-10-11(7-9)18-6-5-17-10/h1-2,7-8H,3-6,14H2,(H,15,16). The summed E-state index contributed by atoms with van der Waals surface area (Å²) < 4.78 is 11.1. The molecule has 3 N–H and O–H groups in total. The van der Waals surface area contributed by atoms with Crippen molar-refractivity contribution in [3.05, 3.63) is 30.0 Å². The van der Waals surface area contributed by atoms with Crippen LogP contribution in [0.3, 0.4) is 0 Å². The number of anilines is 2. The second-order valence-corrected chi connectivity index (χ2v) is 5.28. The third-order valence-electron chi connectivity index (χ3n) is 2.82. The molecule has 0 unspecified atom stereocenters. The first-order valence-corrected chi connectivity index (χ1v) is 6.96. The number of hydrogen-bond acceptors (Lipinski definition) is 6. The monoisotopic (exact) mass is 277 g/mol. The van der Waals surface area contributed by atoms with Gasteiger partial charge in [-0.2, -0.15) is 0 Å². The Morgan fingerprint density at radius 2 is 2.11 bits per heavy atom. The highest BCUT2D eigenvalue weighted by Gasteiger charge is 2.11. The Hall–Kier alpha value is -1.95. The molecule has 0 atom stereocenters. The number of fused-ring (bicyclic) bond motifs is 1. The van der Waals surface area contributed by atoms with Crippen LogP contribution in [0.1, 0.15) is 5.56 Å². The summed E-state index contributed by atoms with van der Waals surface area (Å²) in [4.78, 5) is 4.15. The van der Waals surface area contributed by atoms with Gasteiger partial charge in [-0.3, -0.25) is 0 Å². The molecule has 1 aliphatic rings. The van der Waals surface area contributed by atoms with Crippen LogP contribution in [-0.2, 0) is 6.42 Å². The van der Waals surface area contributed by atoms with Crippen molar-refractivity contribution >= 4 is 21.5 Å². The summed E-state index contributed by atoms with van der Waals surface area (Å²) in [6.07, 6.45) is 2.56. The van der Waals surface area contributed by atoms with Crippen molar-refractivity contribution in [3.8, 4) is 11.5 Å². The minimum Gasteiger partial charge on any atom is -0.486 e. The molecule has 0 amide bonds. The summed E-state index contributed by atoms with van der Waals surface area (Å²) in [5, 5.41) is 4.83. The van der Waals surface area contributed by atoms with E-state index in [0.717, 1.165) is 34.6 Å². The fourth-order valence-corrected chi connectivity index (χ4v) is 2.53. The predicted molar refractivity (Wildman–Crippen MR) is 76.2 cm³/mol. The van der Waals surface area contributed by atoms with Gasteiger partial charge in [0.05, 0.1) is 6.20 Å². The first-order valence-electron chi connectivity index (χ1n) is 6.15. The molecule has 1 aliphatic heterocycles. The SMILES string of the molecule is Nc1cnc(NCCc2ccc3c(c2)OCCO3)s1. The van der Waals surface area contributed by atoms with Crippen LogP contribution in [0.4, 0.5) is 10.1 Å². The second kappa shape index (κ2) is 5.36. The first kappa shape index (κ1) is 12.1. The molecule has 0 bridgehead atoms. The number of ether oxygens (including phenoxy) is 2. The first-order chi connectivity index (χ1) is 9.31. The van der Waals surface area contributed by atoms with Gasteiger partial charge < -0.3 is 20.5 Å². The Balaban J connectivity index is 1.58. The number of aromatic nitrogens is 1. The molecular weight excluding hydrogens is 262 g/mol. The van der Waals surface area contributed by atoms with Crippen LogP contribution in [0.25, 0.3) is 0 Å². The van der Waals surface area contributed by atoms with E-state index in [9.17, 15) is 0 Å². The second-order valence-electron chi connectivity index (χ2n) is 4.22. The van der Waals surface area contributed by atoms with Crippen molar-refractivity contribution in [3.63, 3.8) is 0 Å². The van der Waals surface area contributed by atoms with Crippen molar-refractivity contribution in [2.75, 3.05) is 30.8 Å². The lowest BCUT2D eigenvalue weighted by Crippen LogP contribution is -2.15. The Kier molecular flexibility index (Phi) is 3.41. The summed E-state index contributed by atoms with van der Waals surface area (Å²) in [5.41, 5.74) is 6.83. The lowest BCUT2D eigenvalue weighted by molar-refractivity contribution is 0.171. The van der Waals surface area contributed by atoms with Gasteiger partial charge in [-0.05, 0) is 24.1 Å². The van der Waals surface area contributed by atoms with Gasteiger partial charge in [0.2, 0.25) is 0 Å². The van der Waals surface area contributed by atoms with Crippen LogP contribution < -0.4 is 20.5 Å². The third kappa shape index (κ3) is 2.90. The van der Waals surface area contributed by atoms with Crippen molar-refractivity contribution in [1.29, 1.82) is 0 Å². The molecule has 2 aromatic rings. The molecule has 6 heteroatoms. The van der Waals surface area contributed by atoms with Crippen LogP contribution in [0.15, 0.2) is 24.4 Å². The van der Waals surface area contributed by atoms with E-state index in [1.54, 1.807) is 6.20 Å². The molecular formula is C13H15N3O2S. The highest BCUT2D eigenvalue weighted by atomic mass is 32.1. The van der Waals surface area contributed by atoms with E-state index in [2.05, 4.69) is 16.4 Å². The van der Waals surface area contributed by atoms with E-state index in [-0.39, 0.29) is 0 Å². The minimum absolute atomic E-state index is 0.618. The van der Waals surface area contributed by atoms with E-state index in [0.29, 0.717) is 13.2 Å². The zero-order valence-electron chi connectivity index (χ0n) is 10.4. The summed E-state index contributed by atoms with van der Waals surface area (Å²) in [5.74, 6) is 1.66. The Labute approximate surface area is 115 Å². The summed E-state index contributed by atoms with van der Waals surface area (Å²) >= 11 is 1.46. The number of nitrogens with one attached hydrogen (secondary N) is 1. The number of nitrogens with two attached hydrogens (primary N) is 1. The maximum Gasteiger partial charge on any atom is 0.184 e. The average molecular weight is 277 g/mol. The number of hydrogen-bond donors (Lipinski definition) is 2. The molecule has 0 radical (unpaired) electrons. The van der Waals surface area contributed by atoms with Crippen LogP contribution in [-0.4, -0.2) is 24.7 Å². The number of nitrogens with zero attached hydrogens (tertiary/aromatic N) is 1. The number of benzene rings is 1. The van der Waals surface area contributed by atoms with Crippen molar-refractivity contribution in [1.82, 2.24) is 4.98 Å². The van der Waals surface area contributed by atoms with Gasteiger partial charge in [0.1, 0.15) is 18.2 Å². The Bertz CT molecular complexity index is 571. The molecule has 1 aromatic carbocycles. The van der Waals surface area contributed by atoms with Crippen molar-refractivity contribution in [2.24, 2.45) is 0 Å². The number of thiazole rings is 1. The van der Waals surface area contributed by atoms with Crippen LogP contribution >= 0.6 is 11.3 Å². The maximum atomic E-state index is 5.62. The molecule has 2 heterocycles. The summed E-state index contributed by atoms with van der Waals surface area (Å²) in [6.45, 7) is 2.05. The van der Waals surface area contributed by atoms with E-state index in [1.165, 1.54) is 16.9 Å². The van der Waals surface area contributed by atoms with Gasteiger partial charge in [0.25, 0.3) is 0 Å². The zero-order valence-corrected chi connectivity index (χ0v) is 11.2. The van der Waals surface area contributed by atoms with Gasteiger partial charge >= 0.3 is 0 Å². The number of nitrogen functional groups attached to an aromatic ring is 1. The molecule has 0 saturated heterocycles. The van der Waals surface area contributed by atoms with Gasteiger partial charge in [-0.25, -0.2) is 4.98 Å². The molecule has 5 nitrogen and oxygen atoms in total. The van der Waals surface area contributed by atoms with E-state index >= 15 is 0 Å². The normalized spacial score (nSPS) is 13.3. The fraction of sp³-hybridized carbons (Fsp3) is 0.308. The molecule has 100 valence electrons. The molecule has 19 heavy (non-hydrogen) atoms. The lowest BCUT2D eigenvalue weighted by atomic mass is 10.1. The average Bonchev–Trinajstić information content (AvgIpc) is 2.84. The maximum absolute atomic E-state index is 5.62. The summed E-state index contributed by atoms with van der Waals surface area (Å²) in [6, 6.07) is 6.06. The van der Waals surface area contributed by atoms with E-state index < -0.39 is 0 Å². The van der Waals surface area contributed by atoms with Gasteiger partial charge in [-0.15, -0.1) is 0 Å². The zero-order chi connectivity index (χ0) is 13.1. The Morgan fingerprint density at radius 1 is 1.26 bits per heavy atom. The van der Waals surface area contributed by atoms with E-state index in [4.69, 9.17) is 15.2 Å². The molecule has 1 aromatic heterocycles. The lowest BCUT2D eigenvalue weighted by Gasteiger charge is -2.18. The Morgan fingerprint density at radius 3 is 2.89 bits per heavy atom. The molecule has 0 aliphatic carbocycles. The van der Waals surface area contributed by atoms with Gasteiger partial charge in [-0.1, -0.05) is 17.4 Å². The smallest absolute Gasteiger partial charge is 0.184 e. The van der Waals surface area contributed by atoms with Gasteiger partial charge in [0.15, 0.2) is 16.6 Å². The highest BCUT2D eigenvalue weighted by molar-refractivity contribution is 7.19. The largest absolute Gasteiger partial charge is 0.486 e. The van der Waals surface area contributed by atoms with Crippen LogP contribution in [0.2, 0.25) is 0 Å². The fourth-order valence-electron chi connectivity index (χ4n) is 1.93. The molecule has 0 spiro atoms. The number of rotatable bonds is 4. The minimum atomic E-state index is 0.618. The van der Waals surface area contributed by atoms with Crippen molar-refractivity contribution < 1.29 is 9.47 Å². The topological polar surface area (TPSA) is 69.4 Å². The van der Waals surface area contributed by atoms with Crippen molar-refractivity contribution in [2.45, 2.75) is 6.42 Å². The van der Waals surface area contributed by atoms with Gasteiger partial charge in [0, 0.05) is 6.54 Å². The summed E-state index contributed by atoms with van der Waals surface area (Å²) in [7, 11) is 0. The molecule has 3 rings (SSSR count). The molecule has 0 saturated carbocycles.